The highest BCUT2D eigenvalue weighted by molar-refractivity contribution is 5.78. The lowest BCUT2D eigenvalue weighted by Crippen LogP contribution is -1.92. The summed E-state index contributed by atoms with van der Waals surface area (Å²) in [6.07, 6.45) is 2.59. The van der Waals surface area contributed by atoms with Crippen LogP contribution in [-0.2, 0) is 6.42 Å². The van der Waals surface area contributed by atoms with Crippen LogP contribution < -0.4 is 0 Å². The Kier molecular flexibility index (Phi) is 3.62. The van der Waals surface area contributed by atoms with Crippen molar-refractivity contribution in [3.63, 3.8) is 0 Å². The molecule has 1 nitrogen and oxygen atoms in total. The molecule has 0 aromatic heterocycles. The Balaban J connectivity index is 2.41. The van der Waals surface area contributed by atoms with E-state index in [4.69, 9.17) is 5.41 Å². The van der Waals surface area contributed by atoms with E-state index in [9.17, 15) is 4.39 Å². The van der Waals surface area contributed by atoms with Crippen molar-refractivity contribution < 1.29 is 4.39 Å². The first-order valence-corrected chi connectivity index (χ1v) is 4.47. The summed E-state index contributed by atoms with van der Waals surface area (Å²) in [5.74, 6) is -0.177. The second kappa shape index (κ2) is 4.75. The highest BCUT2D eigenvalue weighted by Crippen LogP contribution is 2.07. The van der Waals surface area contributed by atoms with E-state index in [0.717, 1.165) is 24.8 Å². The molecule has 1 rings (SSSR count). The van der Waals surface area contributed by atoms with Crippen LogP contribution in [0.3, 0.4) is 0 Å². The Morgan fingerprint density at radius 1 is 1.46 bits per heavy atom. The second-order valence-corrected chi connectivity index (χ2v) is 3.26. The number of hydrogen-bond acceptors (Lipinski definition) is 1. The third-order valence-electron chi connectivity index (χ3n) is 1.91. The molecular weight excluding hydrogens is 164 g/mol. The van der Waals surface area contributed by atoms with Crippen molar-refractivity contribution in [2.45, 2.75) is 26.2 Å². The SMILES string of the molecule is CC(=N)CCCc1cccc([18F])c1. The smallest absolute Gasteiger partial charge is 0.123 e. The highest BCUT2D eigenvalue weighted by atomic mass is 18.2. The van der Waals surface area contributed by atoms with Gasteiger partial charge in [0, 0.05) is 5.71 Å². The van der Waals surface area contributed by atoms with Crippen LogP contribution in [-0.4, -0.2) is 5.71 Å². The van der Waals surface area contributed by atoms with Crippen LogP contribution in [0, 0.1) is 11.2 Å². The summed E-state index contributed by atoms with van der Waals surface area (Å²) in [4.78, 5) is 0. The van der Waals surface area contributed by atoms with Crippen LogP contribution >= 0.6 is 0 Å². The molecule has 1 aromatic carbocycles. The zero-order valence-corrected chi connectivity index (χ0v) is 7.81. The molecule has 0 bridgehead atoms. The van der Waals surface area contributed by atoms with E-state index < -0.39 is 0 Å². The molecule has 0 saturated heterocycles. The van der Waals surface area contributed by atoms with E-state index in [1.165, 1.54) is 6.07 Å². The molecule has 0 atom stereocenters. The fourth-order valence-corrected chi connectivity index (χ4v) is 1.25. The molecule has 1 N–H and O–H groups in total. The van der Waals surface area contributed by atoms with E-state index in [2.05, 4.69) is 0 Å². The van der Waals surface area contributed by atoms with Crippen molar-refractivity contribution in [2.75, 3.05) is 0 Å². The summed E-state index contributed by atoms with van der Waals surface area (Å²) in [5.41, 5.74) is 1.71. The van der Waals surface area contributed by atoms with Gasteiger partial charge in [-0.25, -0.2) is 4.39 Å². The predicted molar refractivity (Wildman–Crippen MR) is 52.7 cm³/mol. The maximum Gasteiger partial charge on any atom is 0.123 e. The highest BCUT2D eigenvalue weighted by Gasteiger charge is 1.95. The molecule has 1 aromatic rings. The third kappa shape index (κ3) is 3.83. The first-order chi connectivity index (χ1) is 6.18. The van der Waals surface area contributed by atoms with Gasteiger partial charge in [0.25, 0.3) is 0 Å². The van der Waals surface area contributed by atoms with E-state index in [-0.39, 0.29) is 5.82 Å². The zero-order chi connectivity index (χ0) is 9.68. The second-order valence-electron chi connectivity index (χ2n) is 3.26. The summed E-state index contributed by atoms with van der Waals surface area (Å²) in [6, 6.07) is 6.65. The van der Waals surface area contributed by atoms with E-state index >= 15 is 0 Å². The lowest BCUT2D eigenvalue weighted by atomic mass is 10.1. The first kappa shape index (κ1) is 9.90. The average Bonchev–Trinajstić information content (AvgIpc) is 2.03. The monoisotopic (exact) mass is 178 g/mol. The van der Waals surface area contributed by atoms with Crippen LogP contribution in [0.2, 0.25) is 0 Å². The summed E-state index contributed by atoms with van der Waals surface area (Å²) in [5, 5.41) is 7.23. The van der Waals surface area contributed by atoms with Gasteiger partial charge < -0.3 is 5.41 Å². The number of aryl methyl sites for hydroxylation is 1. The molecule has 0 unspecified atom stereocenters. The summed E-state index contributed by atoms with van der Waals surface area (Å²) >= 11 is 0. The molecule has 0 heterocycles. The van der Waals surface area contributed by atoms with Gasteiger partial charge in [-0.1, -0.05) is 12.1 Å². The maximum atomic E-state index is 12.7. The molecule has 70 valence electrons. The molecule has 0 amide bonds. The zero-order valence-electron chi connectivity index (χ0n) is 7.81. The van der Waals surface area contributed by atoms with Gasteiger partial charge >= 0.3 is 0 Å². The quantitative estimate of drug-likeness (QED) is 0.685. The van der Waals surface area contributed by atoms with Gasteiger partial charge in [-0.3, -0.25) is 0 Å². The summed E-state index contributed by atoms with van der Waals surface area (Å²) < 4.78 is 12.7. The Hall–Kier alpha value is -1.18. The van der Waals surface area contributed by atoms with Crippen molar-refractivity contribution in [1.29, 1.82) is 5.41 Å². The summed E-state index contributed by atoms with van der Waals surface area (Å²) in [6.45, 7) is 1.80. The fraction of sp³-hybridized carbons (Fsp3) is 0.364. The van der Waals surface area contributed by atoms with E-state index in [1.54, 1.807) is 19.1 Å². The van der Waals surface area contributed by atoms with Gasteiger partial charge in [0.2, 0.25) is 0 Å². The Labute approximate surface area is 78.1 Å². The molecule has 0 aliphatic rings. The van der Waals surface area contributed by atoms with Crippen molar-refractivity contribution in [1.82, 2.24) is 0 Å². The minimum atomic E-state index is -0.177. The lowest BCUT2D eigenvalue weighted by molar-refractivity contribution is 0.624. The maximum absolute atomic E-state index is 12.7. The molecule has 0 aliphatic heterocycles. The Bertz CT molecular complexity index is 294. The third-order valence-corrected chi connectivity index (χ3v) is 1.91. The molecule has 13 heavy (non-hydrogen) atoms. The van der Waals surface area contributed by atoms with Crippen molar-refractivity contribution >= 4 is 5.71 Å². The number of halogens is 1. The van der Waals surface area contributed by atoms with E-state index in [0.29, 0.717) is 5.71 Å². The minimum absolute atomic E-state index is 0.177. The predicted octanol–water partition coefficient (Wildman–Crippen LogP) is 3.19. The van der Waals surface area contributed by atoms with Crippen molar-refractivity contribution in [2.24, 2.45) is 0 Å². The van der Waals surface area contributed by atoms with Gasteiger partial charge in [0.05, 0.1) is 0 Å². The van der Waals surface area contributed by atoms with Gasteiger partial charge in [0.1, 0.15) is 5.82 Å². The summed E-state index contributed by atoms with van der Waals surface area (Å²) in [7, 11) is 0. The minimum Gasteiger partial charge on any atom is -0.310 e. The molecule has 2 heteroatoms. The Morgan fingerprint density at radius 2 is 2.23 bits per heavy atom. The average molecular weight is 178 g/mol. The van der Waals surface area contributed by atoms with Crippen molar-refractivity contribution in [3.05, 3.63) is 35.6 Å². The Morgan fingerprint density at radius 3 is 2.85 bits per heavy atom. The topological polar surface area (TPSA) is 23.9 Å². The lowest BCUT2D eigenvalue weighted by Gasteiger charge is -2.00. The van der Waals surface area contributed by atoms with Gasteiger partial charge in [0.15, 0.2) is 0 Å². The normalized spacial score (nSPS) is 10.0. The van der Waals surface area contributed by atoms with Gasteiger partial charge in [-0.15, -0.1) is 0 Å². The van der Waals surface area contributed by atoms with Crippen LogP contribution in [0.4, 0.5) is 4.39 Å². The largest absolute Gasteiger partial charge is 0.310 e. The van der Waals surface area contributed by atoms with Crippen LogP contribution in [0.15, 0.2) is 24.3 Å². The number of hydrogen-bond donors (Lipinski definition) is 1. The first-order valence-electron chi connectivity index (χ1n) is 4.47. The van der Waals surface area contributed by atoms with E-state index in [1.807, 2.05) is 6.07 Å². The van der Waals surface area contributed by atoms with Gasteiger partial charge in [-0.05, 0) is 43.9 Å². The van der Waals surface area contributed by atoms with Crippen LogP contribution in [0.25, 0.3) is 0 Å². The number of rotatable bonds is 4. The molecule has 0 radical (unpaired) electrons. The number of benzene rings is 1. The molecule has 0 spiro atoms. The molecule has 0 aliphatic carbocycles. The van der Waals surface area contributed by atoms with Crippen LogP contribution in [0.1, 0.15) is 25.3 Å². The standard InChI is InChI=1S/C11H14FN/c1-9(13)4-2-5-10-6-3-7-11(12)8-10/h3,6-8,13H,2,4-5H2,1H3/i12-1. The fourth-order valence-electron chi connectivity index (χ4n) is 1.25. The van der Waals surface area contributed by atoms with Crippen LogP contribution in [0.5, 0.6) is 0 Å². The molecular formula is C11H14FN. The number of nitrogens with one attached hydrogen (secondary N) is 1. The molecule has 0 fully saturated rings. The van der Waals surface area contributed by atoms with Gasteiger partial charge in [-0.2, -0.15) is 0 Å². The molecule has 0 saturated carbocycles. The van der Waals surface area contributed by atoms with Crippen molar-refractivity contribution in [3.8, 4) is 0 Å².